The smallest absolute Gasteiger partial charge is 0.392 e. The third-order valence-electron chi connectivity index (χ3n) is 3.58. The van der Waals surface area contributed by atoms with E-state index in [0.29, 0.717) is 17.2 Å². The average Bonchev–Trinajstić information content (AvgIpc) is 2.48. The molecule has 0 fully saturated rings. The minimum absolute atomic E-state index is 0.262. The zero-order valence-electron chi connectivity index (χ0n) is 12.9. The quantitative estimate of drug-likeness (QED) is 0.803. The normalized spacial score (nSPS) is 11.4. The number of carbonyl (C=O) groups excluding carboxylic acids is 1. The monoisotopic (exact) mass is 340 g/mol. The van der Waals surface area contributed by atoms with Gasteiger partial charge in [-0.1, -0.05) is 6.07 Å². The molecule has 0 saturated carbocycles. The summed E-state index contributed by atoms with van der Waals surface area (Å²) in [5.41, 5.74) is -0.678. The highest BCUT2D eigenvalue weighted by atomic mass is 19.4. The third kappa shape index (κ3) is 3.65. The average molecular weight is 340 g/mol. The molecule has 2 rings (SSSR count). The van der Waals surface area contributed by atoms with E-state index in [1.165, 1.54) is 6.07 Å². The Hall–Kier alpha value is -2.61. The van der Waals surface area contributed by atoms with Gasteiger partial charge >= 0.3 is 6.18 Å². The summed E-state index contributed by atoms with van der Waals surface area (Å²) in [5.74, 6) is -1.01. The molecule has 0 atom stereocenters. The summed E-state index contributed by atoms with van der Waals surface area (Å²) in [4.78, 5) is 25.4. The van der Waals surface area contributed by atoms with Crippen LogP contribution in [0.1, 0.15) is 32.6 Å². The van der Waals surface area contributed by atoms with Gasteiger partial charge in [-0.2, -0.15) is 13.2 Å². The van der Waals surface area contributed by atoms with Crippen LogP contribution in [-0.2, 0) is 12.8 Å². The summed E-state index contributed by atoms with van der Waals surface area (Å²) in [5, 5.41) is 11.7. The van der Waals surface area contributed by atoms with E-state index >= 15 is 0 Å². The summed E-state index contributed by atoms with van der Waals surface area (Å²) < 4.78 is 39.0. The second kappa shape index (κ2) is 6.48. The Morgan fingerprint density at radius 2 is 1.88 bits per heavy atom. The van der Waals surface area contributed by atoms with Crippen LogP contribution in [0.4, 0.5) is 18.9 Å². The van der Waals surface area contributed by atoms with Crippen molar-refractivity contribution >= 4 is 11.6 Å². The zero-order chi connectivity index (χ0) is 18.1. The van der Waals surface area contributed by atoms with Gasteiger partial charge in [0, 0.05) is 18.0 Å². The fourth-order valence-corrected chi connectivity index (χ4v) is 2.29. The minimum Gasteiger partial charge on any atom is -0.392 e. The minimum atomic E-state index is -4.83. The Balaban J connectivity index is 2.43. The molecule has 0 unspecified atom stereocenters. The van der Waals surface area contributed by atoms with Crippen LogP contribution in [0, 0.1) is 13.8 Å². The summed E-state index contributed by atoms with van der Waals surface area (Å²) in [6, 6.07) is 3.55. The fourth-order valence-electron chi connectivity index (χ4n) is 2.29. The summed E-state index contributed by atoms with van der Waals surface area (Å²) >= 11 is 0. The number of aromatic nitrogens is 1. The van der Waals surface area contributed by atoms with Gasteiger partial charge in [-0.05, 0) is 36.6 Å². The van der Waals surface area contributed by atoms with Gasteiger partial charge in [0.1, 0.15) is 0 Å². The first-order chi connectivity index (χ1) is 11.1. The first-order valence-corrected chi connectivity index (χ1v) is 6.95. The number of aliphatic hydroxyl groups is 1. The molecule has 0 aliphatic rings. The predicted octanol–water partition coefficient (Wildman–Crippen LogP) is 2.76. The molecule has 128 valence electrons. The first-order valence-electron chi connectivity index (χ1n) is 6.95. The highest BCUT2D eigenvalue weighted by molar-refractivity contribution is 6.05. The molecule has 0 aliphatic carbocycles. The van der Waals surface area contributed by atoms with E-state index in [4.69, 9.17) is 0 Å². The van der Waals surface area contributed by atoms with E-state index in [1.54, 1.807) is 19.9 Å². The van der Waals surface area contributed by atoms with Gasteiger partial charge in [0.2, 0.25) is 5.56 Å². The van der Waals surface area contributed by atoms with Crippen molar-refractivity contribution in [3.63, 3.8) is 0 Å². The highest BCUT2D eigenvalue weighted by Crippen LogP contribution is 2.31. The van der Waals surface area contributed by atoms with E-state index in [0.717, 1.165) is 11.8 Å². The van der Waals surface area contributed by atoms with Crippen LogP contribution in [0.2, 0.25) is 0 Å². The number of alkyl halides is 3. The van der Waals surface area contributed by atoms with Crippen molar-refractivity contribution in [2.45, 2.75) is 26.6 Å². The van der Waals surface area contributed by atoms with Gasteiger partial charge in [0.05, 0.1) is 17.7 Å². The topological polar surface area (TPSA) is 82.2 Å². The van der Waals surface area contributed by atoms with E-state index in [2.05, 4.69) is 10.3 Å². The van der Waals surface area contributed by atoms with Crippen LogP contribution in [0.15, 0.2) is 29.2 Å². The lowest BCUT2D eigenvalue weighted by molar-refractivity contribution is -0.138. The number of rotatable bonds is 3. The molecule has 0 saturated heterocycles. The molecule has 1 aromatic heterocycles. The molecule has 1 amide bonds. The Morgan fingerprint density at radius 1 is 1.21 bits per heavy atom. The SMILES string of the molecule is Cc1cc(C)c(NC(=O)c2c[nH]c(=O)cc2C(F)(F)F)cc1CO. The zero-order valence-corrected chi connectivity index (χ0v) is 12.9. The number of aryl methyl sites for hydroxylation is 2. The van der Waals surface area contributed by atoms with Crippen LogP contribution >= 0.6 is 0 Å². The van der Waals surface area contributed by atoms with E-state index in [9.17, 15) is 27.9 Å². The van der Waals surface area contributed by atoms with Crippen LogP contribution < -0.4 is 10.9 Å². The first kappa shape index (κ1) is 17.7. The van der Waals surface area contributed by atoms with Crippen molar-refractivity contribution in [1.82, 2.24) is 4.98 Å². The maximum absolute atomic E-state index is 13.0. The van der Waals surface area contributed by atoms with Crippen molar-refractivity contribution in [2.24, 2.45) is 0 Å². The largest absolute Gasteiger partial charge is 0.417 e. The molecule has 5 nitrogen and oxygen atoms in total. The van der Waals surface area contributed by atoms with Gasteiger partial charge in [0.15, 0.2) is 0 Å². The summed E-state index contributed by atoms with van der Waals surface area (Å²) in [6.45, 7) is 3.19. The van der Waals surface area contributed by atoms with Gasteiger partial charge in [0.25, 0.3) is 5.91 Å². The molecule has 2 aromatic rings. The van der Waals surface area contributed by atoms with Crippen LogP contribution in [-0.4, -0.2) is 16.0 Å². The van der Waals surface area contributed by atoms with Crippen molar-refractivity contribution < 1.29 is 23.1 Å². The number of pyridine rings is 1. The van der Waals surface area contributed by atoms with Crippen LogP contribution in [0.5, 0.6) is 0 Å². The van der Waals surface area contributed by atoms with Crippen molar-refractivity contribution in [1.29, 1.82) is 0 Å². The van der Waals surface area contributed by atoms with Crippen molar-refractivity contribution in [2.75, 3.05) is 5.32 Å². The molecular formula is C16H15F3N2O3. The van der Waals surface area contributed by atoms with E-state index in [1.807, 2.05) is 0 Å². The lowest BCUT2D eigenvalue weighted by atomic mass is 10.0. The van der Waals surface area contributed by atoms with Crippen LogP contribution in [0.25, 0.3) is 0 Å². The molecule has 1 heterocycles. The van der Waals surface area contributed by atoms with Gasteiger partial charge in [-0.3, -0.25) is 9.59 Å². The molecule has 3 N–H and O–H groups in total. The summed E-state index contributed by atoms with van der Waals surface area (Å²) in [6.07, 6.45) is -4.10. The van der Waals surface area contributed by atoms with Crippen LogP contribution in [0.3, 0.4) is 0 Å². The lowest BCUT2D eigenvalue weighted by Crippen LogP contribution is -2.22. The number of H-pyrrole nitrogens is 1. The summed E-state index contributed by atoms with van der Waals surface area (Å²) in [7, 11) is 0. The fraction of sp³-hybridized carbons (Fsp3) is 0.250. The number of carbonyl (C=O) groups is 1. The molecule has 24 heavy (non-hydrogen) atoms. The number of aromatic amines is 1. The Bertz CT molecular complexity index is 841. The van der Waals surface area contributed by atoms with Crippen molar-refractivity contribution in [3.8, 4) is 0 Å². The Labute approximate surface area is 135 Å². The second-order valence-corrected chi connectivity index (χ2v) is 5.33. The number of benzene rings is 1. The maximum atomic E-state index is 13.0. The van der Waals surface area contributed by atoms with E-state index in [-0.39, 0.29) is 12.3 Å². The number of hydrogen-bond acceptors (Lipinski definition) is 3. The molecule has 8 heteroatoms. The molecular weight excluding hydrogens is 325 g/mol. The highest BCUT2D eigenvalue weighted by Gasteiger charge is 2.35. The van der Waals surface area contributed by atoms with Gasteiger partial charge < -0.3 is 15.4 Å². The predicted molar refractivity (Wildman–Crippen MR) is 81.9 cm³/mol. The molecule has 0 radical (unpaired) electrons. The van der Waals surface area contributed by atoms with Crippen molar-refractivity contribution in [3.05, 3.63) is 62.6 Å². The second-order valence-electron chi connectivity index (χ2n) is 5.33. The molecule has 1 aromatic carbocycles. The number of nitrogens with one attached hydrogen (secondary N) is 2. The number of aliphatic hydroxyl groups excluding tert-OH is 1. The van der Waals surface area contributed by atoms with Gasteiger partial charge in [-0.15, -0.1) is 0 Å². The number of hydrogen-bond donors (Lipinski definition) is 3. The number of anilines is 1. The van der Waals surface area contributed by atoms with Gasteiger partial charge in [-0.25, -0.2) is 0 Å². The lowest BCUT2D eigenvalue weighted by Gasteiger charge is -2.15. The third-order valence-corrected chi connectivity index (χ3v) is 3.58. The van der Waals surface area contributed by atoms with E-state index < -0.39 is 28.8 Å². The molecule has 0 bridgehead atoms. The number of amides is 1. The Morgan fingerprint density at radius 3 is 2.46 bits per heavy atom. The maximum Gasteiger partial charge on any atom is 0.417 e. The number of halogens is 3. The molecule has 0 spiro atoms. The standard InChI is InChI=1S/C16H15F3N2O3/c1-8-3-9(2)13(4-10(8)7-22)21-15(24)11-6-20-14(23)5-12(11)16(17,18)19/h3-6,22H,7H2,1-2H3,(H,20,23)(H,21,24). The molecule has 0 aliphatic heterocycles. The Kier molecular flexibility index (Phi) is 4.79.